The first kappa shape index (κ1) is 8.93. The van der Waals surface area contributed by atoms with Crippen LogP contribution in [0, 0.1) is 6.92 Å². The predicted molar refractivity (Wildman–Crippen MR) is 44.3 cm³/mol. The molecule has 0 aliphatic carbocycles. The zero-order valence-electron chi connectivity index (χ0n) is 7.15. The molecule has 1 atom stereocenters. The standard InChI is InChI=1S/C8H13NO3/c1-5-3-7(11)9(8(5)12)6(2)4-10/h3,6,10-12H,4H2,1-2H3. The summed E-state index contributed by atoms with van der Waals surface area (Å²) < 4.78 is 1.29. The van der Waals surface area contributed by atoms with Gasteiger partial charge in [-0.05, 0) is 13.8 Å². The summed E-state index contributed by atoms with van der Waals surface area (Å²) in [6.07, 6.45) is 0. The van der Waals surface area contributed by atoms with Gasteiger partial charge in [0, 0.05) is 11.6 Å². The van der Waals surface area contributed by atoms with Gasteiger partial charge in [-0.2, -0.15) is 0 Å². The highest BCUT2D eigenvalue weighted by atomic mass is 16.3. The Morgan fingerprint density at radius 1 is 1.50 bits per heavy atom. The normalized spacial score (nSPS) is 13.2. The molecule has 1 heterocycles. The summed E-state index contributed by atoms with van der Waals surface area (Å²) in [6.45, 7) is 3.28. The van der Waals surface area contributed by atoms with Gasteiger partial charge in [-0.15, -0.1) is 0 Å². The Bertz CT molecular complexity index is 280. The van der Waals surface area contributed by atoms with Crippen molar-refractivity contribution in [2.75, 3.05) is 6.61 Å². The highest BCUT2D eigenvalue weighted by molar-refractivity contribution is 5.34. The molecular weight excluding hydrogens is 158 g/mol. The minimum Gasteiger partial charge on any atom is -0.494 e. The highest BCUT2D eigenvalue weighted by Crippen LogP contribution is 2.30. The molecule has 0 aliphatic heterocycles. The topological polar surface area (TPSA) is 65.6 Å². The zero-order chi connectivity index (χ0) is 9.30. The third kappa shape index (κ3) is 1.25. The van der Waals surface area contributed by atoms with Gasteiger partial charge < -0.3 is 15.3 Å². The first-order valence-electron chi connectivity index (χ1n) is 3.78. The van der Waals surface area contributed by atoms with E-state index in [1.807, 2.05) is 0 Å². The van der Waals surface area contributed by atoms with E-state index in [9.17, 15) is 10.2 Å². The highest BCUT2D eigenvalue weighted by Gasteiger charge is 2.14. The maximum atomic E-state index is 9.41. The van der Waals surface area contributed by atoms with Gasteiger partial charge in [0.2, 0.25) is 0 Å². The van der Waals surface area contributed by atoms with Gasteiger partial charge in [-0.3, -0.25) is 4.57 Å². The van der Waals surface area contributed by atoms with Crippen LogP contribution in [0.25, 0.3) is 0 Å². The van der Waals surface area contributed by atoms with Gasteiger partial charge in [0.1, 0.15) is 0 Å². The molecular formula is C8H13NO3. The van der Waals surface area contributed by atoms with E-state index in [-0.39, 0.29) is 24.4 Å². The van der Waals surface area contributed by atoms with Crippen LogP contribution < -0.4 is 0 Å². The largest absolute Gasteiger partial charge is 0.494 e. The zero-order valence-corrected chi connectivity index (χ0v) is 7.15. The molecule has 0 fully saturated rings. The molecule has 12 heavy (non-hydrogen) atoms. The molecule has 0 spiro atoms. The first-order valence-corrected chi connectivity index (χ1v) is 3.78. The number of rotatable bonds is 2. The molecule has 0 amide bonds. The number of hydrogen-bond donors (Lipinski definition) is 3. The Balaban J connectivity index is 3.13. The van der Waals surface area contributed by atoms with Gasteiger partial charge >= 0.3 is 0 Å². The number of aliphatic hydroxyl groups is 1. The van der Waals surface area contributed by atoms with Crippen LogP contribution >= 0.6 is 0 Å². The smallest absolute Gasteiger partial charge is 0.197 e. The number of aromatic hydroxyl groups is 2. The number of aliphatic hydroxyl groups excluding tert-OH is 1. The minimum atomic E-state index is -0.307. The Labute approximate surface area is 70.7 Å². The third-order valence-electron chi connectivity index (χ3n) is 1.88. The summed E-state index contributed by atoms with van der Waals surface area (Å²) >= 11 is 0. The molecule has 0 saturated carbocycles. The number of nitrogens with zero attached hydrogens (tertiary/aromatic N) is 1. The van der Waals surface area contributed by atoms with Crippen LogP contribution in [0.2, 0.25) is 0 Å². The number of hydrogen-bond acceptors (Lipinski definition) is 3. The Morgan fingerprint density at radius 2 is 2.08 bits per heavy atom. The second-order valence-corrected chi connectivity index (χ2v) is 2.91. The van der Waals surface area contributed by atoms with E-state index in [0.717, 1.165) is 0 Å². The molecule has 1 rings (SSSR count). The molecule has 3 N–H and O–H groups in total. The van der Waals surface area contributed by atoms with E-state index in [4.69, 9.17) is 5.11 Å². The number of aromatic nitrogens is 1. The van der Waals surface area contributed by atoms with Crippen LogP contribution in [0.3, 0.4) is 0 Å². The molecule has 4 heteroatoms. The average Bonchev–Trinajstić information content (AvgIpc) is 2.26. The molecule has 0 aliphatic rings. The maximum Gasteiger partial charge on any atom is 0.197 e. The fourth-order valence-electron chi connectivity index (χ4n) is 1.14. The Hall–Kier alpha value is -1.16. The second kappa shape index (κ2) is 3.06. The van der Waals surface area contributed by atoms with E-state index < -0.39 is 0 Å². The lowest BCUT2D eigenvalue weighted by Gasteiger charge is -2.12. The molecule has 68 valence electrons. The average molecular weight is 171 g/mol. The molecule has 4 nitrogen and oxygen atoms in total. The summed E-state index contributed by atoms with van der Waals surface area (Å²) in [5.41, 5.74) is 0.604. The summed E-state index contributed by atoms with van der Waals surface area (Å²) in [5.74, 6) is -0.0133. The van der Waals surface area contributed by atoms with E-state index in [0.29, 0.717) is 5.56 Å². The second-order valence-electron chi connectivity index (χ2n) is 2.91. The predicted octanol–water partition coefficient (Wildman–Crippen LogP) is 0.761. The van der Waals surface area contributed by atoms with Crippen molar-refractivity contribution in [2.45, 2.75) is 19.9 Å². The SMILES string of the molecule is Cc1cc(O)n(C(C)CO)c1O. The summed E-state index contributed by atoms with van der Waals surface area (Å²) in [7, 11) is 0. The molecule has 1 aromatic heterocycles. The van der Waals surface area contributed by atoms with Gasteiger partial charge in [0.25, 0.3) is 0 Å². The Morgan fingerprint density at radius 3 is 2.42 bits per heavy atom. The van der Waals surface area contributed by atoms with Crippen LogP contribution in [-0.2, 0) is 0 Å². The van der Waals surface area contributed by atoms with Crippen molar-refractivity contribution in [1.82, 2.24) is 4.57 Å². The summed E-state index contributed by atoms with van der Waals surface area (Å²) in [5, 5.41) is 27.5. The molecule has 1 aromatic rings. The van der Waals surface area contributed by atoms with Crippen molar-refractivity contribution in [3.8, 4) is 11.8 Å². The molecule has 0 radical (unpaired) electrons. The molecule has 0 aromatic carbocycles. The quantitative estimate of drug-likeness (QED) is 0.615. The summed E-state index contributed by atoms with van der Waals surface area (Å²) in [6, 6.07) is 1.15. The lowest BCUT2D eigenvalue weighted by atomic mass is 10.3. The van der Waals surface area contributed by atoms with Crippen molar-refractivity contribution in [3.63, 3.8) is 0 Å². The minimum absolute atomic E-state index is 0.00838. The first-order chi connectivity index (χ1) is 5.57. The molecule has 1 unspecified atom stereocenters. The Kier molecular flexibility index (Phi) is 2.28. The van der Waals surface area contributed by atoms with Crippen molar-refractivity contribution >= 4 is 0 Å². The van der Waals surface area contributed by atoms with Crippen molar-refractivity contribution in [2.24, 2.45) is 0 Å². The lowest BCUT2D eigenvalue weighted by molar-refractivity contribution is 0.218. The fourth-order valence-corrected chi connectivity index (χ4v) is 1.14. The van der Waals surface area contributed by atoms with Crippen molar-refractivity contribution < 1.29 is 15.3 Å². The van der Waals surface area contributed by atoms with E-state index >= 15 is 0 Å². The van der Waals surface area contributed by atoms with Gasteiger partial charge in [-0.1, -0.05) is 0 Å². The van der Waals surface area contributed by atoms with Crippen LogP contribution in [0.15, 0.2) is 6.07 Å². The maximum absolute atomic E-state index is 9.41. The van der Waals surface area contributed by atoms with Crippen molar-refractivity contribution in [3.05, 3.63) is 11.6 Å². The van der Waals surface area contributed by atoms with E-state index in [2.05, 4.69) is 0 Å². The third-order valence-corrected chi connectivity index (χ3v) is 1.88. The van der Waals surface area contributed by atoms with Gasteiger partial charge in [-0.25, -0.2) is 0 Å². The van der Waals surface area contributed by atoms with Crippen LogP contribution in [0.5, 0.6) is 11.8 Å². The monoisotopic (exact) mass is 171 g/mol. The van der Waals surface area contributed by atoms with Crippen LogP contribution in [0.4, 0.5) is 0 Å². The fraction of sp³-hybridized carbons (Fsp3) is 0.500. The lowest BCUT2D eigenvalue weighted by Crippen LogP contribution is -2.07. The number of aryl methyl sites for hydroxylation is 1. The molecule has 0 bridgehead atoms. The van der Waals surface area contributed by atoms with Crippen LogP contribution in [-0.4, -0.2) is 26.5 Å². The van der Waals surface area contributed by atoms with Crippen LogP contribution in [0.1, 0.15) is 18.5 Å². The van der Waals surface area contributed by atoms with Gasteiger partial charge in [0.05, 0.1) is 12.6 Å². The summed E-state index contributed by atoms with van der Waals surface area (Å²) in [4.78, 5) is 0. The van der Waals surface area contributed by atoms with E-state index in [1.165, 1.54) is 10.6 Å². The molecule has 0 saturated heterocycles. The van der Waals surface area contributed by atoms with E-state index in [1.54, 1.807) is 13.8 Å². The van der Waals surface area contributed by atoms with Crippen molar-refractivity contribution in [1.29, 1.82) is 0 Å². The van der Waals surface area contributed by atoms with Gasteiger partial charge in [0.15, 0.2) is 11.8 Å².